The van der Waals surface area contributed by atoms with E-state index in [2.05, 4.69) is 13.8 Å². The normalized spacial score (nSPS) is 7.71. The molecule has 0 aromatic rings. The third-order valence-corrected chi connectivity index (χ3v) is 0.854. The molecule has 47 valence electrons. The average molecular weight is 188 g/mol. The maximum atomic E-state index is 3.72. The van der Waals surface area contributed by atoms with Crippen LogP contribution in [0.5, 0.6) is 0 Å². The summed E-state index contributed by atoms with van der Waals surface area (Å²) in [5.74, 6) is 0. The Morgan fingerprint density at radius 2 is 1.86 bits per heavy atom. The summed E-state index contributed by atoms with van der Waals surface area (Å²) in [6.07, 6.45) is 5.07. The molecule has 0 spiro atoms. The fraction of sp³-hybridized carbons (Fsp3) is 0.833. The van der Waals surface area contributed by atoms with Gasteiger partial charge in [0.05, 0.1) is 0 Å². The first-order valence-corrected chi connectivity index (χ1v) is 2.71. The second-order valence-electron chi connectivity index (χ2n) is 1.56. The summed E-state index contributed by atoms with van der Waals surface area (Å²) in [6, 6.07) is 0. The first-order chi connectivity index (χ1) is 2.91. The van der Waals surface area contributed by atoms with Crippen LogP contribution in [0.25, 0.3) is 0 Å². The molecule has 0 aliphatic carbocycles. The van der Waals surface area contributed by atoms with E-state index in [1.54, 1.807) is 0 Å². The van der Waals surface area contributed by atoms with Crippen LogP contribution in [0.1, 0.15) is 32.6 Å². The molecular formula is C6H13Rh-. The van der Waals surface area contributed by atoms with Gasteiger partial charge in [0.25, 0.3) is 0 Å². The standard InChI is InChI=1S/C6H13.Rh/c1-3-5-6-4-2;/h1,3-6H2,2H3;/q-1;. The minimum atomic E-state index is 0. The van der Waals surface area contributed by atoms with Crippen molar-refractivity contribution in [2.75, 3.05) is 0 Å². The molecule has 0 saturated carbocycles. The van der Waals surface area contributed by atoms with E-state index in [9.17, 15) is 0 Å². The van der Waals surface area contributed by atoms with Gasteiger partial charge in [-0.2, -0.15) is 6.42 Å². The molecule has 0 fully saturated rings. The molecule has 0 rings (SSSR count). The topological polar surface area (TPSA) is 0 Å². The van der Waals surface area contributed by atoms with Gasteiger partial charge >= 0.3 is 0 Å². The van der Waals surface area contributed by atoms with Gasteiger partial charge in [-0.3, -0.25) is 0 Å². The van der Waals surface area contributed by atoms with Crippen LogP contribution < -0.4 is 0 Å². The predicted molar refractivity (Wildman–Crippen MR) is 29.5 cm³/mol. The Balaban J connectivity index is 0. The van der Waals surface area contributed by atoms with Gasteiger partial charge in [-0.05, 0) is 0 Å². The monoisotopic (exact) mass is 188 g/mol. The molecule has 0 atom stereocenters. The largest absolute Gasteiger partial charge is 0.343 e. The molecule has 0 N–H and O–H groups in total. The van der Waals surface area contributed by atoms with Crippen molar-refractivity contribution < 1.29 is 19.5 Å². The summed E-state index contributed by atoms with van der Waals surface area (Å²) in [6.45, 7) is 5.93. The van der Waals surface area contributed by atoms with Crippen molar-refractivity contribution in [1.82, 2.24) is 0 Å². The Morgan fingerprint density at radius 3 is 2.00 bits per heavy atom. The van der Waals surface area contributed by atoms with E-state index in [4.69, 9.17) is 0 Å². The summed E-state index contributed by atoms with van der Waals surface area (Å²) in [4.78, 5) is 0. The molecule has 0 aromatic heterocycles. The summed E-state index contributed by atoms with van der Waals surface area (Å²) in [7, 11) is 0. The number of hydrogen-bond acceptors (Lipinski definition) is 0. The zero-order chi connectivity index (χ0) is 4.83. The van der Waals surface area contributed by atoms with Crippen molar-refractivity contribution in [2.24, 2.45) is 0 Å². The van der Waals surface area contributed by atoms with E-state index in [1.165, 1.54) is 19.3 Å². The van der Waals surface area contributed by atoms with Gasteiger partial charge in [0.1, 0.15) is 0 Å². The van der Waals surface area contributed by atoms with Crippen molar-refractivity contribution in [3.05, 3.63) is 6.92 Å². The third kappa shape index (κ3) is 10.8. The Morgan fingerprint density at radius 1 is 1.29 bits per heavy atom. The first-order valence-electron chi connectivity index (χ1n) is 2.71. The molecule has 1 heteroatoms. The third-order valence-electron chi connectivity index (χ3n) is 0.854. The molecule has 0 aromatic carbocycles. The van der Waals surface area contributed by atoms with Gasteiger partial charge in [-0.15, -0.1) is 0 Å². The van der Waals surface area contributed by atoms with E-state index in [1.807, 2.05) is 0 Å². The summed E-state index contributed by atoms with van der Waals surface area (Å²) < 4.78 is 0. The Hall–Kier alpha value is 0.623. The van der Waals surface area contributed by atoms with Crippen LogP contribution in [-0.2, 0) is 19.5 Å². The molecular weight excluding hydrogens is 175 g/mol. The van der Waals surface area contributed by atoms with Gasteiger partial charge in [0.15, 0.2) is 0 Å². The van der Waals surface area contributed by atoms with E-state index in [0.717, 1.165) is 6.42 Å². The zero-order valence-corrected chi connectivity index (χ0v) is 6.51. The fourth-order valence-electron chi connectivity index (χ4n) is 0.427. The molecule has 0 amide bonds. The smallest absolute Gasteiger partial charge is 0 e. The average Bonchev–Trinajstić information content (AvgIpc) is 1.61. The van der Waals surface area contributed by atoms with Crippen LogP contribution in [0.15, 0.2) is 0 Å². The Bertz CT molecular complexity index is 16.1. The van der Waals surface area contributed by atoms with Gasteiger partial charge in [0, 0.05) is 19.5 Å². The first kappa shape index (κ1) is 10.6. The van der Waals surface area contributed by atoms with E-state index in [-0.39, 0.29) is 19.5 Å². The van der Waals surface area contributed by atoms with Crippen LogP contribution in [0.3, 0.4) is 0 Å². The van der Waals surface area contributed by atoms with Crippen LogP contribution in [0, 0.1) is 6.92 Å². The van der Waals surface area contributed by atoms with E-state index >= 15 is 0 Å². The summed E-state index contributed by atoms with van der Waals surface area (Å²) in [5, 5.41) is 0. The summed E-state index contributed by atoms with van der Waals surface area (Å²) >= 11 is 0. The number of unbranched alkanes of at least 4 members (excludes halogenated alkanes) is 3. The molecule has 0 bridgehead atoms. The fourth-order valence-corrected chi connectivity index (χ4v) is 0.427. The van der Waals surface area contributed by atoms with Gasteiger partial charge in [-0.25, -0.2) is 0 Å². The van der Waals surface area contributed by atoms with Gasteiger partial charge in [0.2, 0.25) is 0 Å². The van der Waals surface area contributed by atoms with E-state index in [0.29, 0.717) is 0 Å². The van der Waals surface area contributed by atoms with Crippen molar-refractivity contribution in [1.29, 1.82) is 0 Å². The maximum absolute atomic E-state index is 3.72. The Kier molecular flexibility index (Phi) is 14.8. The van der Waals surface area contributed by atoms with Crippen LogP contribution in [-0.4, -0.2) is 0 Å². The van der Waals surface area contributed by atoms with Crippen LogP contribution in [0.4, 0.5) is 0 Å². The van der Waals surface area contributed by atoms with Gasteiger partial charge < -0.3 is 6.92 Å². The van der Waals surface area contributed by atoms with Crippen LogP contribution in [0.2, 0.25) is 0 Å². The van der Waals surface area contributed by atoms with E-state index < -0.39 is 0 Å². The van der Waals surface area contributed by atoms with Gasteiger partial charge in [-0.1, -0.05) is 26.2 Å². The van der Waals surface area contributed by atoms with Crippen molar-refractivity contribution in [3.63, 3.8) is 0 Å². The maximum Gasteiger partial charge on any atom is 0 e. The van der Waals surface area contributed by atoms with Crippen molar-refractivity contribution in [2.45, 2.75) is 32.6 Å². The van der Waals surface area contributed by atoms with Crippen LogP contribution >= 0.6 is 0 Å². The molecule has 1 radical (unpaired) electrons. The number of rotatable bonds is 3. The number of hydrogen-bond donors (Lipinski definition) is 0. The molecule has 0 saturated heterocycles. The second-order valence-corrected chi connectivity index (χ2v) is 1.56. The minimum Gasteiger partial charge on any atom is -0.343 e. The minimum absolute atomic E-state index is 0. The molecule has 0 nitrogen and oxygen atoms in total. The molecule has 0 aliphatic rings. The SMILES string of the molecule is [CH2-]CCCCC.[Rh]. The zero-order valence-electron chi connectivity index (χ0n) is 4.87. The quantitative estimate of drug-likeness (QED) is 0.362. The summed E-state index contributed by atoms with van der Waals surface area (Å²) in [5.41, 5.74) is 0. The second kappa shape index (κ2) is 9.80. The molecule has 0 aliphatic heterocycles. The molecule has 0 unspecified atom stereocenters. The Labute approximate surface area is 59.4 Å². The van der Waals surface area contributed by atoms with Crippen molar-refractivity contribution >= 4 is 0 Å². The van der Waals surface area contributed by atoms with Crippen molar-refractivity contribution in [3.8, 4) is 0 Å². The molecule has 7 heavy (non-hydrogen) atoms. The predicted octanol–water partition coefficient (Wildman–Crippen LogP) is 2.40. The molecule has 0 heterocycles.